The summed E-state index contributed by atoms with van der Waals surface area (Å²) in [4.78, 5) is 8.51. The summed E-state index contributed by atoms with van der Waals surface area (Å²) in [6.45, 7) is 3.76. The number of aliphatic hydroxyl groups excluding tert-OH is 1. The molecule has 0 atom stereocenters. The van der Waals surface area contributed by atoms with Crippen molar-refractivity contribution in [1.82, 2.24) is 9.97 Å². The minimum absolute atomic E-state index is 0.133. The lowest BCUT2D eigenvalue weighted by atomic mass is 9.93. The first kappa shape index (κ1) is 12.1. The van der Waals surface area contributed by atoms with Gasteiger partial charge in [0.05, 0.1) is 6.10 Å². The Morgan fingerprint density at radius 3 is 2.47 bits per heavy atom. The van der Waals surface area contributed by atoms with Crippen molar-refractivity contribution in [1.29, 1.82) is 0 Å². The molecule has 0 unspecified atom stereocenters. The van der Waals surface area contributed by atoms with Crippen molar-refractivity contribution in [3.8, 4) is 0 Å². The molecule has 4 N–H and O–H groups in total. The summed E-state index contributed by atoms with van der Waals surface area (Å²) < 4.78 is 0. The van der Waals surface area contributed by atoms with Gasteiger partial charge in [0.25, 0.3) is 0 Å². The Hall–Kier alpha value is -1.36. The summed E-state index contributed by atoms with van der Waals surface area (Å²) in [6.07, 6.45) is 3.53. The molecule has 1 aliphatic rings. The quantitative estimate of drug-likeness (QED) is 0.722. The maximum Gasteiger partial charge on any atom is 0.134 e. The predicted octanol–water partition coefficient (Wildman–Crippen LogP) is 1.39. The van der Waals surface area contributed by atoms with Crippen molar-refractivity contribution in [2.75, 3.05) is 11.1 Å². The van der Waals surface area contributed by atoms with Crippen LogP contribution in [-0.2, 0) is 0 Å². The molecule has 0 spiro atoms. The van der Waals surface area contributed by atoms with Crippen LogP contribution in [0.3, 0.4) is 0 Å². The number of aromatic nitrogens is 2. The average molecular weight is 236 g/mol. The molecule has 1 saturated carbocycles. The van der Waals surface area contributed by atoms with E-state index in [0.717, 1.165) is 37.1 Å². The zero-order valence-corrected chi connectivity index (χ0v) is 10.4. The lowest BCUT2D eigenvalue weighted by molar-refractivity contribution is 0.126. The Labute approximate surface area is 101 Å². The number of nitrogens with two attached hydrogens (primary N) is 1. The molecular weight excluding hydrogens is 216 g/mol. The van der Waals surface area contributed by atoms with Crippen LogP contribution in [0.25, 0.3) is 0 Å². The molecule has 2 rings (SSSR count). The molecule has 0 bridgehead atoms. The van der Waals surface area contributed by atoms with Crippen LogP contribution in [-0.4, -0.2) is 27.2 Å². The topological polar surface area (TPSA) is 84.1 Å². The lowest BCUT2D eigenvalue weighted by Gasteiger charge is -2.27. The Balaban J connectivity index is 2.08. The number of nitrogen functional groups attached to an aromatic ring is 1. The van der Waals surface area contributed by atoms with Gasteiger partial charge in [-0.15, -0.1) is 0 Å². The van der Waals surface area contributed by atoms with Crippen molar-refractivity contribution in [3.05, 3.63) is 11.4 Å². The Morgan fingerprint density at radius 2 is 1.82 bits per heavy atom. The number of hydrogen-bond donors (Lipinski definition) is 3. The second-order valence-electron chi connectivity index (χ2n) is 4.78. The Bertz CT molecular complexity index is 400. The number of anilines is 2. The summed E-state index contributed by atoms with van der Waals surface area (Å²) in [5.41, 5.74) is 6.72. The van der Waals surface area contributed by atoms with Gasteiger partial charge in [-0.25, -0.2) is 9.97 Å². The second kappa shape index (κ2) is 4.87. The highest BCUT2D eigenvalue weighted by Crippen LogP contribution is 2.24. The highest BCUT2D eigenvalue weighted by atomic mass is 16.3. The minimum atomic E-state index is -0.133. The number of hydrogen-bond acceptors (Lipinski definition) is 5. The van der Waals surface area contributed by atoms with E-state index in [1.165, 1.54) is 0 Å². The van der Waals surface area contributed by atoms with Crippen LogP contribution in [0.1, 0.15) is 37.1 Å². The molecule has 0 amide bonds. The molecule has 5 nitrogen and oxygen atoms in total. The van der Waals surface area contributed by atoms with Crippen LogP contribution in [0.5, 0.6) is 0 Å². The highest BCUT2D eigenvalue weighted by Gasteiger charge is 2.20. The SMILES string of the molecule is Cc1nc(N)c(C)c(NC2CCC(O)CC2)n1. The van der Waals surface area contributed by atoms with Crippen LogP contribution < -0.4 is 11.1 Å². The van der Waals surface area contributed by atoms with Gasteiger partial charge >= 0.3 is 0 Å². The predicted molar refractivity (Wildman–Crippen MR) is 67.8 cm³/mol. The van der Waals surface area contributed by atoms with Crippen molar-refractivity contribution in [3.63, 3.8) is 0 Å². The monoisotopic (exact) mass is 236 g/mol. The third-order valence-corrected chi connectivity index (χ3v) is 3.33. The Kier molecular flexibility index (Phi) is 3.47. The minimum Gasteiger partial charge on any atom is -0.393 e. The van der Waals surface area contributed by atoms with Crippen molar-refractivity contribution in [2.24, 2.45) is 0 Å². The Morgan fingerprint density at radius 1 is 1.18 bits per heavy atom. The third-order valence-electron chi connectivity index (χ3n) is 3.33. The maximum atomic E-state index is 9.46. The average Bonchev–Trinajstić information content (AvgIpc) is 2.28. The van der Waals surface area contributed by atoms with E-state index in [1.54, 1.807) is 0 Å². The fourth-order valence-electron chi connectivity index (χ4n) is 2.20. The first-order valence-electron chi connectivity index (χ1n) is 6.11. The van der Waals surface area contributed by atoms with E-state index in [-0.39, 0.29) is 6.10 Å². The number of nitrogens with zero attached hydrogens (tertiary/aromatic N) is 2. The molecule has 94 valence electrons. The van der Waals surface area contributed by atoms with Gasteiger partial charge in [0.15, 0.2) is 0 Å². The van der Waals surface area contributed by atoms with Crippen LogP contribution in [0.4, 0.5) is 11.6 Å². The van der Waals surface area contributed by atoms with Gasteiger partial charge in [-0.2, -0.15) is 0 Å². The second-order valence-corrected chi connectivity index (χ2v) is 4.78. The molecule has 0 saturated heterocycles. The molecule has 17 heavy (non-hydrogen) atoms. The van der Waals surface area contributed by atoms with E-state index >= 15 is 0 Å². The maximum absolute atomic E-state index is 9.46. The summed E-state index contributed by atoms with van der Waals surface area (Å²) in [5.74, 6) is 2.05. The molecular formula is C12H20N4O. The summed E-state index contributed by atoms with van der Waals surface area (Å²) in [5, 5.41) is 12.9. The van der Waals surface area contributed by atoms with E-state index < -0.39 is 0 Å². The van der Waals surface area contributed by atoms with E-state index in [1.807, 2.05) is 13.8 Å². The van der Waals surface area contributed by atoms with E-state index in [9.17, 15) is 5.11 Å². The number of rotatable bonds is 2. The first-order valence-corrected chi connectivity index (χ1v) is 6.11. The molecule has 1 aliphatic carbocycles. The molecule has 0 radical (unpaired) electrons. The van der Waals surface area contributed by atoms with Crippen LogP contribution in [0.15, 0.2) is 0 Å². The van der Waals surface area contributed by atoms with Gasteiger partial charge in [-0.3, -0.25) is 0 Å². The normalized spacial score (nSPS) is 24.6. The first-order chi connectivity index (χ1) is 8.06. The summed E-state index contributed by atoms with van der Waals surface area (Å²) in [6, 6.07) is 0.380. The fourth-order valence-corrected chi connectivity index (χ4v) is 2.20. The third kappa shape index (κ3) is 2.85. The van der Waals surface area contributed by atoms with E-state index in [2.05, 4.69) is 15.3 Å². The zero-order chi connectivity index (χ0) is 12.4. The van der Waals surface area contributed by atoms with Crippen molar-refractivity contribution < 1.29 is 5.11 Å². The zero-order valence-electron chi connectivity index (χ0n) is 10.4. The van der Waals surface area contributed by atoms with E-state index in [4.69, 9.17) is 5.73 Å². The largest absolute Gasteiger partial charge is 0.393 e. The number of aryl methyl sites for hydroxylation is 1. The number of nitrogens with one attached hydrogen (secondary N) is 1. The van der Waals surface area contributed by atoms with Gasteiger partial charge < -0.3 is 16.2 Å². The van der Waals surface area contributed by atoms with Gasteiger partial charge in [0.1, 0.15) is 17.5 Å². The molecule has 1 aromatic heterocycles. The van der Waals surface area contributed by atoms with Gasteiger partial charge in [0, 0.05) is 11.6 Å². The number of aliphatic hydroxyl groups is 1. The van der Waals surface area contributed by atoms with Crippen LogP contribution in [0.2, 0.25) is 0 Å². The molecule has 0 aromatic carbocycles. The van der Waals surface area contributed by atoms with Crippen LogP contribution >= 0.6 is 0 Å². The lowest BCUT2D eigenvalue weighted by Crippen LogP contribution is -2.29. The molecule has 1 fully saturated rings. The molecule has 1 aromatic rings. The highest BCUT2D eigenvalue weighted by molar-refractivity contribution is 5.55. The summed E-state index contributed by atoms with van der Waals surface area (Å²) in [7, 11) is 0. The molecule has 1 heterocycles. The van der Waals surface area contributed by atoms with Gasteiger partial charge in [-0.1, -0.05) is 0 Å². The fraction of sp³-hybridized carbons (Fsp3) is 0.667. The molecule has 0 aliphatic heterocycles. The smallest absolute Gasteiger partial charge is 0.134 e. The van der Waals surface area contributed by atoms with Crippen molar-refractivity contribution >= 4 is 11.6 Å². The summed E-state index contributed by atoms with van der Waals surface area (Å²) >= 11 is 0. The standard InChI is InChI=1S/C12H20N4O/c1-7-11(13)14-8(2)15-12(7)16-9-3-5-10(17)6-4-9/h9-10,17H,3-6H2,1-2H3,(H3,13,14,15,16). The van der Waals surface area contributed by atoms with Gasteiger partial charge in [-0.05, 0) is 39.5 Å². The van der Waals surface area contributed by atoms with Crippen molar-refractivity contribution in [2.45, 2.75) is 51.7 Å². The molecule has 5 heteroatoms. The van der Waals surface area contributed by atoms with Crippen LogP contribution in [0, 0.1) is 13.8 Å². The van der Waals surface area contributed by atoms with Gasteiger partial charge in [0.2, 0.25) is 0 Å². The van der Waals surface area contributed by atoms with E-state index in [0.29, 0.717) is 17.7 Å².